The van der Waals surface area contributed by atoms with Crippen LogP contribution in [0.25, 0.3) is 56.1 Å². The minimum Gasteiger partial charge on any atom is -0.398 e. The predicted octanol–water partition coefficient (Wildman–Crippen LogP) is 11.5. The first kappa shape index (κ1) is 30.9. The maximum absolute atomic E-state index is 7.26. The molecule has 240 valence electrons. The summed E-state index contributed by atoms with van der Waals surface area (Å²) >= 11 is 0. The van der Waals surface area contributed by atoms with Gasteiger partial charge in [-0.05, 0) is 109 Å². The number of rotatable bonds is 7. The molecule has 0 amide bonds. The Balaban J connectivity index is 1.30. The molecule has 0 fully saturated rings. The molecule has 0 aliphatic heterocycles. The Kier molecular flexibility index (Phi) is 8.42. The van der Waals surface area contributed by atoms with E-state index in [-0.39, 0.29) is 0 Å². The van der Waals surface area contributed by atoms with Gasteiger partial charge in [-0.1, -0.05) is 152 Å². The highest BCUT2D eigenvalue weighted by Gasteiger charge is 2.22. The van der Waals surface area contributed by atoms with Crippen molar-refractivity contribution in [1.29, 1.82) is 0 Å². The highest BCUT2D eigenvalue weighted by molar-refractivity contribution is 6.02. The average Bonchev–Trinajstić information content (AvgIpc) is 3.17. The quantitative estimate of drug-likeness (QED) is 0.170. The Morgan fingerprint density at radius 2 is 1.22 bits per heavy atom. The lowest BCUT2D eigenvalue weighted by Gasteiger charge is -2.25. The van der Waals surface area contributed by atoms with E-state index in [1.807, 2.05) is 36.4 Å². The third-order valence-corrected chi connectivity index (χ3v) is 9.72. The third kappa shape index (κ3) is 6.27. The highest BCUT2D eigenvalue weighted by Crippen LogP contribution is 2.43. The first-order chi connectivity index (χ1) is 24.6. The van der Waals surface area contributed by atoms with Crippen molar-refractivity contribution in [3.8, 4) is 11.1 Å². The molecule has 7 aromatic rings. The maximum Gasteiger partial charge on any atom is 0.0470 e. The van der Waals surface area contributed by atoms with Gasteiger partial charge in [0.25, 0.3) is 0 Å². The molecule has 0 saturated carbocycles. The summed E-state index contributed by atoms with van der Waals surface area (Å²) in [5.74, 6) is 0. The van der Waals surface area contributed by atoms with Crippen LogP contribution in [0.1, 0.15) is 33.4 Å². The van der Waals surface area contributed by atoms with Crippen LogP contribution in [0.3, 0.4) is 0 Å². The molecule has 0 bridgehead atoms. The summed E-state index contributed by atoms with van der Waals surface area (Å²) in [7, 11) is 0. The van der Waals surface area contributed by atoms with E-state index in [0.29, 0.717) is 0 Å². The molecule has 2 heteroatoms. The van der Waals surface area contributed by atoms with Gasteiger partial charge < -0.3 is 11.5 Å². The molecule has 7 aromatic carbocycles. The van der Waals surface area contributed by atoms with E-state index in [1.165, 1.54) is 38.2 Å². The second-order valence-corrected chi connectivity index (χ2v) is 13.0. The molecular weight excluding hydrogens is 605 g/mol. The van der Waals surface area contributed by atoms with E-state index in [2.05, 4.69) is 146 Å². The number of nitrogen functional groups attached to an aromatic ring is 1. The van der Waals surface area contributed by atoms with Gasteiger partial charge in [0.1, 0.15) is 0 Å². The van der Waals surface area contributed by atoms with E-state index in [9.17, 15) is 0 Å². The zero-order chi connectivity index (χ0) is 33.9. The molecular formula is C48H38N2. The summed E-state index contributed by atoms with van der Waals surface area (Å²) in [5.41, 5.74) is 26.8. The number of anilines is 1. The number of hydrogen-bond donors (Lipinski definition) is 2. The topological polar surface area (TPSA) is 52.0 Å². The van der Waals surface area contributed by atoms with Crippen LogP contribution in [0.4, 0.5) is 5.69 Å². The molecule has 0 atom stereocenters. The van der Waals surface area contributed by atoms with Crippen LogP contribution in [0.15, 0.2) is 175 Å². The molecule has 8 rings (SSSR count). The standard InChI is InChI=1S/C48H38N2/c49-47(36-17-5-2-6-18-36)27-26-40-30-42-31-45(41-25-23-35-16-8-10-20-38(35)29-41)43(21-11-14-33-12-3-1-4-13-33)48(50)46(42)32-44(40)39-24-22-34-15-7-9-19-37(34)28-39/h1-13,15-29,31-32H,14,30,49-50H2/b21-11-,40-26+,47-27-. The highest BCUT2D eigenvalue weighted by atomic mass is 14.6. The minimum atomic E-state index is 0.728. The Labute approximate surface area is 294 Å². The lowest BCUT2D eigenvalue weighted by atomic mass is 9.80. The molecule has 50 heavy (non-hydrogen) atoms. The summed E-state index contributed by atoms with van der Waals surface area (Å²) in [6.45, 7) is 0. The fraction of sp³-hybridized carbons (Fsp3) is 0.0417. The van der Waals surface area contributed by atoms with E-state index < -0.39 is 0 Å². The van der Waals surface area contributed by atoms with Gasteiger partial charge in [0.05, 0.1) is 0 Å². The molecule has 1 aliphatic carbocycles. The molecule has 0 heterocycles. The third-order valence-electron chi connectivity index (χ3n) is 9.72. The van der Waals surface area contributed by atoms with Crippen molar-refractivity contribution in [1.82, 2.24) is 0 Å². The zero-order valence-corrected chi connectivity index (χ0v) is 27.9. The molecule has 2 nitrogen and oxygen atoms in total. The SMILES string of the molecule is N/C(=C\C=C1/Cc2cc(-c3ccc4ccccc4c3)c(/C=C\Cc3ccccc3)c(N)c2C=C1c1ccc2ccccc2c1)c1ccccc1. The lowest BCUT2D eigenvalue weighted by molar-refractivity contribution is 1.18. The van der Waals surface area contributed by atoms with Crippen molar-refractivity contribution in [3.05, 3.63) is 209 Å². The minimum absolute atomic E-state index is 0.728. The fourth-order valence-electron chi connectivity index (χ4n) is 7.04. The molecule has 0 unspecified atom stereocenters. The van der Waals surface area contributed by atoms with Crippen LogP contribution in [0.5, 0.6) is 0 Å². The predicted molar refractivity (Wildman–Crippen MR) is 215 cm³/mol. The molecule has 0 radical (unpaired) electrons. The summed E-state index contributed by atoms with van der Waals surface area (Å²) in [5, 5.41) is 4.86. The summed E-state index contributed by atoms with van der Waals surface area (Å²) in [6.07, 6.45) is 12.5. The van der Waals surface area contributed by atoms with Crippen LogP contribution >= 0.6 is 0 Å². The van der Waals surface area contributed by atoms with Crippen LogP contribution in [0, 0.1) is 0 Å². The first-order valence-electron chi connectivity index (χ1n) is 17.2. The largest absolute Gasteiger partial charge is 0.398 e. The Hall–Kier alpha value is -6.38. The number of allylic oxidation sites excluding steroid dienone is 5. The maximum atomic E-state index is 7.26. The first-order valence-corrected chi connectivity index (χ1v) is 17.2. The fourth-order valence-corrected chi connectivity index (χ4v) is 7.04. The van der Waals surface area contributed by atoms with E-state index in [4.69, 9.17) is 11.5 Å². The normalized spacial score (nSPS) is 14.0. The van der Waals surface area contributed by atoms with Crippen LogP contribution in [-0.4, -0.2) is 0 Å². The van der Waals surface area contributed by atoms with Crippen molar-refractivity contribution in [2.45, 2.75) is 12.8 Å². The molecule has 1 aliphatic rings. The Morgan fingerprint density at radius 3 is 1.92 bits per heavy atom. The van der Waals surface area contributed by atoms with E-state index >= 15 is 0 Å². The molecule has 0 spiro atoms. The van der Waals surface area contributed by atoms with Crippen LogP contribution < -0.4 is 11.5 Å². The van der Waals surface area contributed by atoms with Crippen molar-refractivity contribution in [2.24, 2.45) is 5.73 Å². The van der Waals surface area contributed by atoms with Gasteiger partial charge in [0.2, 0.25) is 0 Å². The zero-order valence-electron chi connectivity index (χ0n) is 27.9. The molecule has 0 saturated heterocycles. The van der Waals surface area contributed by atoms with Crippen LogP contribution in [-0.2, 0) is 12.8 Å². The van der Waals surface area contributed by atoms with E-state index in [0.717, 1.165) is 63.2 Å². The average molecular weight is 643 g/mol. The Morgan fingerprint density at radius 1 is 0.620 bits per heavy atom. The second-order valence-electron chi connectivity index (χ2n) is 13.0. The van der Waals surface area contributed by atoms with Gasteiger partial charge in [-0.2, -0.15) is 0 Å². The van der Waals surface area contributed by atoms with Gasteiger partial charge in [-0.15, -0.1) is 0 Å². The number of benzene rings is 7. The number of fused-ring (bicyclic) bond motifs is 3. The summed E-state index contributed by atoms with van der Waals surface area (Å²) in [6, 6.07) is 53.5. The van der Waals surface area contributed by atoms with Gasteiger partial charge in [-0.3, -0.25) is 0 Å². The van der Waals surface area contributed by atoms with Crippen molar-refractivity contribution < 1.29 is 0 Å². The summed E-state index contributed by atoms with van der Waals surface area (Å²) in [4.78, 5) is 0. The van der Waals surface area contributed by atoms with Gasteiger partial charge >= 0.3 is 0 Å². The van der Waals surface area contributed by atoms with Gasteiger partial charge in [0.15, 0.2) is 0 Å². The molecule has 0 aromatic heterocycles. The second kappa shape index (κ2) is 13.6. The van der Waals surface area contributed by atoms with Crippen molar-refractivity contribution in [2.75, 3.05) is 5.73 Å². The van der Waals surface area contributed by atoms with Gasteiger partial charge in [-0.25, -0.2) is 0 Å². The van der Waals surface area contributed by atoms with Crippen LogP contribution in [0.2, 0.25) is 0 Å². The molecule has 4 N–H and O–H groups in total. The van der Waals surface area contributed by atoms with Gasteiger partial charge in [0, 0.05) is 22.5 Å². The number of hydrogen-bond acceptors (Lipinski definition) is 2. The smallest absolute Gasteiger partial charge is 0.0470 e. The lowest BCUT2D eigenvalue weighted by Crippen LogP contribution is -2.08. The number of nitrogens with two attached hydrogens (primary N) is 2. The van der Waals surface area contributed by atoms with E-state index in [1.54, 1.807) is 0 Å². The summed E-state index contributed by atoms with van der Waals surface area (Å²) < 4.78 is 0. The van der Waals surface area contributed by atoms with Crippen molar-refractivity contribution in [3.63, 3.8) is 0 Å². The Bertz CT molecular complexity index is 2480. The van der Waals surface area contributed by atoms with Crippen molar-refractivity contribution >= 4 is 50.7 Å². The monoisotopic (exact) mass is 642 g/mol.